The van der Waals surface area contributed by atoms with Crippen molar-refractivity contribution in [2.24, 2.45) is 0 Å². The minimum atomic E-state index is -5.91. The summed E-state index contributed by atoms with van der Waals surface area (Å²) in [6.07, 6.45) is -11.8. The molecule has 0 fully saturated rings. The van der Waals surface area contributed by atoms with E-state index in [9.17, 15) is 31.1 Å². The van der Waals surface area contributed by atoms with Gasteiger partial charge in [0.05, 0.1) is 0 Å². The molecule has 2 rings (SSSR count). The Morgan fingerprint density at radius 2 is 1.44 bits per heavy atom. The number of amides is 1. The first-order valence-corrected chi connectivity index (χ1v) is 7.60. The molecule has 1 aromatic heterocycles. The SMILES string of the molecule is Cc1ccc(C(=O)NC(Nc2cccc(C)n2)(C(F)(F)F)C(F)(F)F)cc1. The van der Waals surface area contributed by atoms with E-state index in [0.717, 1.165) is 23.5 Å². The summed E-state index contributed by atoms with van der Waals surface area (Å²) in [6, 6.07) is 8.64. The second-order valence-corrected chi connectivity index (χ2v) is 5.85. The maximum absolute atomic E-state index is 13.6. The molecule has 1 aromatic carbocycles. The Kier molecular flexibility index (Phi) is 5.39. The van der Waals surface area contributed by atoms with E-state index in [4.69, 9.17) is 0 Å². The van der Waals surface area contributed by atoms with Gasteiger partial charge in [0.2, 0.25) is 0 Å². The van der Waals surface area contributed by atoms with Crippen molar-refractivity contribution >= 4 is 11.7 Å². The topological polar surface area (TPSA) is 54.0 Å². The first kappa shape index (κ1) is 20.5. The van der Waals surface area contributed by atoms with Gasteiger partial charge in [-0.3, -0.25) is 4.79 Å². The Labute approximate surface area is 150 Å². The molecule has 0 unspecified atom stereocenters. The number of carbonyl (C=O) groups excluding carboxylic acids is 1. The zero-order valence-corrected chi connectivity index (χ0v) is 14.2. The van der Waals surface area contributed by atoms with Gasteiger partial charge >= 0.3 is 18.0 Å². The molecule has 1 amide bonds. The van der Waals surface area contributed by atoms with Gasteiger partial charge in [0, 0.05) is 11.3 Å². The van der Waals surface area contributed by atoms with Gasteiger partial charge in [-0.2, -0.15) is 26.3 Å². The van der Waals surface area contributed by atoms with Crippen molar-refractivity contribution in [3.8, 4) is 0 Å². The van der Waals surface area contributed by atoms with Crippen LogP contribution in [0, 0.1) is 13.8 Å². The Morgan fingerprint density at radius 1 is 0.889 bits per heavy atom. The van der Waals surface area contributed by atoms with E-state index in [1.54, 1.807) is 6.92 Å². The third kappa shape index (κ3) is 4.32. The first-order valence-electron chi connectivity index (χ1n) is 7.60. The molecule has 0 spiro atoms. The fraction of sp³-hybridized carbons (Fsp3) is 0.294. The van der Waals surface area contributed by atoms with Crippen molar-refractivity contribution in [3.63, 3.8) is 0 Å². The molecule has 2 aromatic rings. The number of hydrogen-bond acceptors (Lipinski definition) is 3. The molecule has 146 valence electrons. The van der Waals surface area contributed by atoms with Gasteiger partial charge in [-0.1, -0.05) is 23.8 Å². The van der Waals surface area contributed by atoms with Crippen LogP contribution < -0.4 is 10.6 Å². The molecule has 0 saturated carbocycles. The lowest BCUT2D eigenvalue weighted by atomic mass is 10.1. The molecule has 0 bridgehead atoms. The Bertz CT molecular complexity index is 801. The number of alkyl halides is 6. The lowest BCUT2D eigenvalue weighted by Crippen LogP contribution is -2.72. The van der Waals surface area contributed by atoms with E-state index >= 15 is 0 Å². The van der Waals surface area contributed by atoms with Crippen LogP contribution in [-0.2, 0) is 0 Å². The number of nitrogens with one attached hydrogen (secondary N) is 2. The van der Waals surface area contributed by atoms with Crippen molar-refractivity contribution in [1.29, 1.82) is 0 Å². The molecule has 1 heterocycles. The van der Waals surface area contributed by atoms with Crippen LogP contribution >= 0.6 is 0 Å². The highest BCUT2D eigenvalue weighted by atomic mass is 19.4. The largest absolute Gasteiger partial charge is 0.439 e. The number of nitrogens with zero attached hydrogens (tertiary/aromatic N) is 1. The Hall–Kier alpha value is -2.78. The summed E-state index contributed by atoms with van der Waals surface area (Å²) < 4.78 is 81.4. The molecule has 4 nitrogen and oxygen atoms in total. The third-order valence-electron chi connectivity index (χ3n) is 3.67. The summed E-state index contributed by atoms with van der Waals surface area (Å²) >= 11 is 0. The van der Waals surface area contributed by atoms with Crippen LogP contribution in [0.3, 0.4) is 0 Å². The maximum Gasteiger partial charge on any atom is 0.439 e. The van der Waals surface area contributed by atoms with Gasteiger partial charge < -0.3 is 10.6 Å². The highest BCUT2D eigenvalue weighted by Gasteiger charge is 2.72. The summed E-state index contributed by atoms with van der Waals surface area (Å²) in [5.41, 5.74) is -4.19. The number of aryl methyl sites for hydroxylation is 2. The Balaban J connectivity index is 2.51. The van der Waals surface area contributed by atoms with Crippen LogP contribution in [0.5, 0.6) is 0 Å². The van der Waals surface area contributed by atoms with Crippen molar-refractivity contribution in [2.45, 2.75) is 31.9 Å². The number of anilines is 1. The first-order chi connectivity index (χ1) is 12.4. The standard InChI is InChI=1S/C17H15F6N3O/c1-10-6-8-12(9-7-10)14(27)26-15(16(18,19)20,17(21,22)23)25-13-5-3-4-11(2)24-13/h3-9H,1-2H3,(H,24,25)(H,26,27). The van der Waals surface area contributed by atoms with Crippen LogP contribution in [0.2, 0.25) is 0 Å². The van der Waals surface area contributed by atoms with Crippen LogP contribution in [0.25, 0.3) is 0 Å². The molecule has 0 atom stereocenters. The number of aromatic nitrogens is 1. The van der Waals surface area contributed by atoms with Crippen LogP contribution in [0.4, 0.5) is 32.2 Å². The number of rotatable bonds is 4. The lowest BCUT2D eigenvalue weighted by molar-refractivity contribution is -0.294. The highest BCUT2D eigenvalue weighted by Crippen LogP contribution is 2.43. The molecule has 0 radical (unpaired) electrons. The van der Waals surface area contributed by atoms with Crippen molar-refractivity contribution in [1.82, 2.24) is 10.3 Å². The molecule has 0 aliphatic heterocycles. The lowest BCUT2D eigenvalue weighted by Gasteiger charge is -2.38. The van der Waals surface area contributed by atoms with Gasteiger partial charge in [-0.05, 0) is 38.1 Å². The van der Waals surface area contributed by atoms with Gasteiger partial charge in [-0.25, -0.2) is 4.98 Å². The second-order valence-electron chi connectivity index (χ2n) is 5.85. The summed E-state index contributed by atoms with van der Waals surface area (Å²) in [4.78, 5) is 15.8. The van der Waals surface area contributed by atoms with E-state index in [0.29, 0.717) is 5.56 Å². The number of carbonyl (C=O) groups is 1. The van der Waals surface area contributed by atoms with E-state index in [2.05, 4.69) is 4.98 Å². The van der Waals surface area contributed by atoms with Gasteiger partial charge in [0.15, 0.2) is 0 Å². The predicted molar refractivity (Wildman–Crippen MR) is 86.1 cm³/mol. The van der Waals surface area contributed by atoms with Crippen molar-refractivity contribution in [3.05, 3.63) is 59.3 Å². The van der Waals surface area contributed by atoms with Crippen LogP contribution in [0.15, 0.2) is 42.5 Å². The van der Waals surface area contributed by atoms with Gasteiger partial charge in [-0.15, -0.1) is 0 Å². The average molecular weight is 391 g/mol. The fourth-order valence-electron chi connectivity index (χ4n) is 2.23. The molecule has 27 heavy (non-hydrogen) atoms. The highest BCUT2D eigenvalue weighted by molar-refractivity contribution is 5.95. The quantitative estimate of drug-likeness (QED) is 0.602. The van der Waals surface area contributed by atoms with Crippen LogP contribution in [0.1, 0.15) is 21.6 Å². The molecular formula is C17H15F6N3O. The fourth-order valence-corrected chi connectivity index (χ4v) is 2.23. The number of benzene rings is 1. The Morgan fingerprint density at radius 3 is 1.93 bits per heavy atom. The van der Waals surface area contributed by atoms with Gasteiger partial charge in [0.25, 0.3) is 5.91 Å². The summed E-state index contributed by atoms with van der Waals surface area (Å²) in [5.74, 6) is -2.22. The normalized spacial score (nSPS) is 12.6. The smallest absolute Gasteiger partial charge is 0.332 e. The molecular weight excluding hydrogens is 376 g/mol. The summed E-state index contributed by atoms with van der Waals surface area (Å²) in [5, 5.41) is 2.41. The average Bonchev–Trinajstić information content (AvgIpc) is 2.52. The molecule has 0 aliphatic carbocycles. The molecule has 0 saturated heterocycles. The van der Waals surface area contributed by atoms with Crippen LogP contribution in [-0.4, -0.2) is 28.9 Å². The van der Waals surface area contributed by atoms with Crippen molar-refractivity contribution in [2.75, 3.05) is 5.32 Å². The monoisotopic (exact) mass is 391 g/mol. The van der Waals surface area contributed by atoms with E-state index in [1.807, 2.05) is 0 Å². The minimum Gasteiger partial charge on any atom is -0.332 e. The number of pyridine rings is 1. The summed E-state index contributed by atoms with van der Waals surface area (Å²) in [7, 11) is 0. The minimum absolute atomic E-state index is 0.197. The van der Waals surface area contributed by atoms with E-state index < -0.39 is 29.7 Å². The second kappa shape index (κ2) is 7.09. The zero-order valence-electron chi connectivity index (χ0n) is 14.2. The molecule has 2 N–H and O–H groups in total. The zero-order chi connectivity index (χ0) is 20.5. The number of hydrogen-bond donors (Lipinski definition) is 2. The molecule has 0 aliphatic rings. The molecule has 10 heteroatoms. The van der Waals surface area contributed by atoms with Gasteiger partial charge in [0.1, 0.15) is 5.82 Å². The third-order valence-corrected chi connectivity index (χ3v) is 3.67. The van der Waals surface area contributed by atoms with E-state index in [1.165, 1.54) is 36.5 Å². The summed E-state index contributed by atoms with van der Waals surface area (Å²) in [6.45, 7) is 3.06. The van der Waals surface area contributed by atoms with E-state index in [-0.39, 0.29) is 11.3 Å². The number of halogens is 6. The maximum atomic E-state index is 13.6. The predicted octanol–water partition coefficient (Wildman–Crippen LogP) is 4.36. The van der Waals surface area contributed by atoms with Crippen molar-refractivity contribution < 1.29 is 31.1 Å².